The summed E-state index contributed by atoms with van der Waals surface area (Å²) in [7, 11) is 0. The van der Waals surface area contributed by atoms with E-state index in [1.165, 1.54) is 11.3 Å². The molecule has 2 heterocycles. The second kappa shape index (κ2) is 9.00. The van der Waals surface area contributed by atoms with E-state index in [-0.39, 0.29) is 17.7 Å². The number of nitrogens with zero attached hydrogens (tertiary/aromatic N) is 1. The molecule has 1 aliphatic carbocycles. The number of amides is 2. The molecule has 160 valence electrons. The van der Waals surface area contributed by atoms with Crippen LogP contribution in [-0.2, 0) is 0 Å². The zero-order valence-corrected chi connectivity index (χ0v) is 19.4. The predicted octanol–water partition coefficient (Wildman–Crippen LogP) is 5.54. The third-order valence-corrected chi connectivity index (χ3v) is 7.47. The van der Waals surface area contributed by atoms with Crippen LogP contribution in [0.1, 0.15) is 44.7 Å². The van der Waals surface area contributed by atoms with Gasteiger partial charge in [-0.05, 0) is 49.6 Å². The van der Waals surface area contributed by atoms with Crippen molar-refractivity contribution in [2.24, 2.45) is 5.10 Å². The molecule has 6 nitrogen and oxygen atoms in total. The molecule has 4 rings (SSSR count). The fourth-order valence-corrected chi connectivity index (χ4v) is 4.87. The van der Waals surface area contributed by atoms with Gasteiger partial charge in [0, 0.05) is 11.4 Å². The number of benzene rings is 1. The minimum atomic E-state index is -0.422. The van der Waals surface area contributed by atoms with Gasteiger partial charge in [-0.3, -0.25) is 9.59 Å². The SMILES string of the molecule is C/C(=N\NC(=O)c1ccc(C(=O)NC2CC2)s1)c1csc(-c2ccc(Cl)c(Cl)c2)c1O. The van der Waals surface area contributed by atoms with Crippen molar-refractivity contribution in [3.8, 4) is 16.2 Å². The first-order valence-electron chi connectivity index (χ1n) is 9.35. The average molecular weight is 494 g/mol. The van der Waals surface area contributed by atoms with Crippen molar-refractivity contribution in [1.29, 1.82) is 0 Å². The van der Waals surface area contributed by atoms with E-state index in [1.807, 2.05) is 0 Å². The molecule has 0 atom stereocenters. The van der Waals surface area contributed by atoms with Crippen molar-refractivity contribution in [2.75, 3.05) is 0 Å². The molecule has 31 heavy (non-hydrogen) atoms. The summed E-state index contributed by atoms with van der Waals surface area (Å²) in [5.41, 5.74) is 4.15. The summed E-state index contributed by atoms with van der Waals surface area (Å²) in [6.45, 7) is 1.68. The van der Waals surface area contributed by atoms with Crippen LogP contribution in [0.15, 0.2) is 40.8 Å². The maximum atomic E-state index is 12.4. The maximum absolute atomic E-state index is 12.4. The van der Waals surface area contributed by atoms with Crippen LogP contribution in [0.4, 0.5) is 0 Å². The lowest BCUT2D eigenvalue weighted by Crippen LogP contribution is -2.24. The second-order valence-electron chi connectivity index (χ2n) is 7.01. The highest BCUT2D eigenvalue weighted by molar-refractivity contribution is 7.16. The number of hydrogen-bond donors (Lipinski definition) is 3. The van der Waals surface area contributed by atoms with Gasteiger partial charge >= 0.3 is 0 Å². The first kappa shape index (κ1) is 21.8. The van der Waals surface area contributed by atoms with Crippen molar-refractivity contribution < 1.29 is 14.7 Å². The van der Waals surface area contributed by atoms with Gasteiger partial charge in [-0.15, -0.1) is 22.7 Å². The Morgan fingerprint density at radius 2 is 1.81 bits per heavy atom. The van der Waals surface area contributed by atoms with E-state index >= 15 is 0 Å². The van der Waals surface area contributed by atoms with Crippen LogP contribution >= 0.6 is 45.9 Å². The lowest BCUT2D eigenvalue weighted by Gasteiger charge is -2.04. The summed E-state index contributed by atoms with van der Waals surface area (Å²) in [6, 6.07) is 8.59. The fraction of sp³-hybridized carbons (Fsp3) is 0.190. The van der Waals surface area contributed by atoms with Crippen LogP contribution in [0.25, 0.3) is 10.4 Å². The third-order valence-electron chi connectivity index (χ3n) is 4.63. The van der Waals surface area contributed by atoms with Gasteiger partial charge in [-0.2, -0.15) is 5.10 Å². The molecule has 2 aromatic heterocycles. The number of hydrogen-bond acceptors (Lipinski definition) is 6. The minimum Gasteiger partial charge on any atom is -0.506 e. The molecule has 0 spiro atoms. The Balaban J connectivity index is 1.45. The topological polar surface area (TPSA) is 90.8 Å². The molecular weight excluding hydrogens is 477 g/mol. The van der Waals surface area contributed by atoms with Gasteiger partial charge in [0.05, 0.1) is 36.0 Å². The molecule has 0 saturated heterocycles. The van der Waals surface area contributed by atoms with E-state index in [9.17, 15) is 14.7 Å². The number of rotatable bonds is 6. The summed E-state index contributed by atoms with van der Waals surface area (Å²) in [5, 5.41) is 20.2. The number of nitrogens with one attached hydrogen (secondary N) is 2. The number of carbonyl (C=O) groups excluding carboxylic acids is 2. The van der Waals surface area contributed by atoms with Gasteiger partial charge in [0.25, 0.3) is 11.8 Å². The van der Waals surface area contributed by atoms with E-state index in [4.69, 9.17) is 23.2 Å². The van der Waals surface area contributed by atoms with Crippen molar-refractivity contribution in [1.82, 2.24) is 10.7 Å². The van der Waals surface area contributed by atoms with E-state index in [1.54, 1.807) is 42.6 Å². The van der Waals surface area contributed by atoms with Crippen LogP contribution in [0, 0.1) is 0 Å². The van der Waals surface area contributed by atoms with E-state index in [0.29, 0.717) is 36.0 Å². The number of hydrazone groups is 1. The Morgan fingerprint density at radius 1 is 1.10 bits per heavy atom. The lowest BCUT2D eigenvalue weighted by atomic mass is 10.1. The molecular formula is C21H17Cl2N3O3S2. The summed E-state index contributed by atoms with van der Waals surface area (Å²) >= 11 is 14.5. The Labute approximate surface area is 196 Å². The van der Waals surface area contributed by atoms with Gasteiger partial charge in [0.15, 0.2) is 0 Å². The number of aromatic hydroxyl groups is 1. The number of carbonyl (C=O) groups is 2. The molecule has 10 heteroatoms. The monoisotopic (exact) mass is 493 g/mol. The zero-order valence-electron chi connectivity index (χ0n) is 16.2. The Morgan fingerprint density at radius 3 is 2.48 bits per heavy atom. The van der Waals surface area contributed by atoms with Crippen molar-refractivity contribution in [3.05, 3.63) is 61.1 Å². The van der Waals surface area contributed by atoms with Crippen molar-refractivity contribution in [2.45, 2.75) is 25.8 Å². The second-order valence-corrected chi connectivity index (χ2v) is 9.78. The Kier molecular flexibility index (Phi) is 6.34. The molecule has 1 aliphatic rings. The third kappa shape index (κ3) is 4.93. The van der Waals surface area contributed by atoms with Gasteiger partial charge in [-0.1, -0.05) is 29.3 Å². The van der Waals surface area contributed by atoms with Crippen molar-refractivity contribution in [3.63, 3.8) is 0 Å². The highest BCUT2D eigenvalue weighted by atomic mass is 35.5. The van der Waals surface area contributed by atoms with Crippen molar-refractivity contribution >= 4 is 63.4 Å². The standard InChI is InChI=1S/C21H17Cl2N3O3S2/c1-10(13-9-30-19(18(13)27)11-2-5-14(22)15(23)8-11)25-26-21(29)17-7-6-16(31-17)20(28)24-12-3-4-12/h2,5-9,12,27H,3-4H2,1H3,(H,24,28)(H,26,29)/b25-10+. The van der Waals surface area contributed by atoms with Gasteiger partial charge < -0.3 is 10.4 Å². The molecule has 0 aliphatic heterocycles. The quantitative estimate of drug-likeness (QED) is 0.311. The van der Waals surface area contributed by atoms with Crippen LogP contribution in [0.3, 0.4) is 0 Å². The molecule has 3 aromatic rings. The molecule has 1 fully saturated rings. The first-order chi connectivity index (χ1) is 14.8. The molecule has 3 N–H and O–H groups in total. The Bertz CT molecular complexity index is 1200. The minimum absolute atomic E-state index is 0.0500. The molecule has 1 saturated carbocycles. The predicted molar refractivity (Wildman–Crippen MR) is 126 cm³/mol. The molecule has 1 aromatic carbocycles. The highest BCUT2D eigenvalue weighted by Crippen LogP contribution is 2.40. The first-order valence-corrected chi connectivity index (χ1v) is 11.8. The lowest BCUT2D eigenvalue weighted by molar-refractivity contribution is 0.0950. The van der Waals surface area contributed by atoms with E-state index in [0.717, 1.165) is 29.7 Å². The summed E-state index contributed by atoms with van der Waals surface area (Å²) < 4.78 is 0. The van der Waals surface area contributed by atoms with Crippen LogP contribution in [0.2, 0.25) is 10.0 Å². The highest BCUT2D eigenvalue weighted by Gasteiger charge is 2.25. The van der Waals surface area contributed by atoms with E-state index < -0.39 is 5.91 Å². The molecule has 2 amide bonds. The number of halogens is 2. The number of thiophene rings is 2. The zero-order chi connectivity index (χ0) is 22.1. The summed E-state index contributed by atoms with van der Waals surface area (Å²) in [6.07, 6.45) is 2.00. The van der Waals surface area contributed by atoms with E-state index in [2.05, 4.69) is 15.8 Å². The van der Waals surface area contributed by atoms with Crippen LogP contribution in [-0.4, -0.2) is 28.7 Å². The van der Waals surface area contributed by atoms with Gasteiger partial charge in [0.1, 0.15) is 5.75 Å². The van der Waals surface area contributed by atoms with Gasteiger partial charge in [0.2, 0.25) is 0 Å². The van der Waals surface area contributed by atoms with Crippen LogP contribution in [0.5, 0.6) is 5.75 Å². The van der Waals surface area contributed by atoms with Crippen LogP contribution < -0.4 is 10.7 Å². The largest absolute Gasteiger partial charge is 0.506 e. The van der Waals surface area contributed by atoms with Gasteiger partial charge in [-0.25, -0.2) is 5.43 Å². The fourth-order valence-electron chi connectivity index (χ4n) is 2.77. The Hall–Kier alpha value is -2.39. The normalized spacial score (nSPS) is 13.8. The molecule has 0 bridgehead atoms. The maximum Gasteiger partial charge on any atom is 0.281 e. The molecule has 0 radical (unpaired) electrons. The molecule has 0 unspecified atom stereocenters. The smallest absolute Gasteiger partial charge is 0.281 e. The summed E-state index contributed by atoms with van der Waals surface area (Å²) in [4.78, 5) is 26.0. The average Bonchev–Trinajstić information content (AvgIpc) is 3.26. The summed E-state index contributed by atoms with van der Waals surface area (Å²) in [5.74, 6) is -0.535.